The van der Waals surface area contributed by atoms with Crippen LogP contribution in [0.1, 0.15) is 49.7 Å². The van der Waals surface area contributed by atoms with Crippen molar-refractivity contribution in [2.45, 2.75) is 19.8 Å². The molecule has 3 heterocycles. The molecule has 0 bridgehead atoms. The van der Waals surface area contributed by atoms with Crippen LogP contribution in [-0.4, -0.2) is 40.0 Å². The van der Waals surface area contributed by atoms with Gasteiger partial charge in [-0.25, -0.2) is 0 Å². The van der Waals surface area contributed by atoms with Crippen LogP contribution in [0.3, 0.4) is 0 Å². The Morgan fingerprint density at radius 1 is 1.09 bits per heavy atom. The predicted octanol–water partition coefficient (Wildman–Crippen LogP) is 5.59. The summed E-state index contributed by atoms with van der Waals surface area (Å²) in [5.74, 6) is -0.169. The number of benzene rings is 2. The summed E-state index contributed by atoms with van der Waals surface area (Å²) in [7, 11) is 0. The van der Waals surface area contributed by atoms with Crippen molar-refractivity contribution in [2.24, 2.45) is 0 Å². The van der Waals surface area contributed by atoms with Crippen molar-refractivity contribution < 1.29 is 9.59 Å². The van der Waals surface area contributed by atoms with Crippen LogP contribution < -0.4 is 5.32 Å². The standard InChI is InChI=1S/C26H24N4O2S/c1-17-12-15-33-24(17)25(31)27-23-16-19(26(32)30-13-4-5-14-30)9-8-18(23)10-11-22-20-6-2-3-7-21(20)28-29-22/h2-3,6-12,15-16H,4-5,13-14H2,1H3,(H,27,31)(H,28,29)/b11-10+. The summed E-state index contributed by atoms with van der Waals surface area (Å²) in [5.41, 5.74) is 4.70. The zero-order valence-electron chi connectivity index (χ0n) is 18.3. The van der Waals surface area contributed by atoms with Gasteiger partial charge in [0.05, 0.1) is 16.1 Å². The van der Waals surface area contributed by atoms with Gasteiger partial charge in [0.1, 0.15) is 0 Å². The molecule has 2 amide bonds. The molecule has 0 saturated carbocycles. The highest BCUT2D eigenvalue weighted by Crippen LogP contribution is 2.26. The largest absolute Gasteiger partial charge is 0.339 e. The normalized spacial score (nSPS) is 13.8. The molecule has 1 saturated heterocycles. The topological polar surface area (TPSA) is 78.1 Å². The highest BCUT2D eigenvalue weighted by molar-refractivity contribution is 7.12. The average molecular weight is 457 g/mol. The van der Waals surface area contributed by atoms with Gasteiger partial charge in [-0.1, -0.05) is 30.3 Å². The molecule has 2 aromatic carbocycles. The van der Waals surface area contributed by atoms with E-state index in [1.165, 1.54) is 11.3 Å². The number of aromatic nitrogens is 2. The molecule has 1 aliphatic rings. The fourth-order valence-corrected chi connectivity index (χ4v) is 4.93. The minimum atomic E-state index is -0.173. The van der Waals surface area contributed by atoms with Crippen LogP contribution in [0.5, 0.6) is 0 Å². The Morgan fingerprint density at radius 2 is 1.91 bits per heavy atom. The predicted molar refractivity (Wildman–Crippen MR) is 134 cm³/mol. The zero-order valence-corrected chi connectivity index (χ0v) is 19.1. The third kappa shape index (κ3) is 4.32. The van der Waals surface area contributed by atoms with Crippen LogP contribution in [0, 0.1) is 6.92 Å². The molecule has 33 heavy (non-hydrogen) atoms. The molecule has 0 atom stereocenters. The van der Waals surface area contributed by atoms with Crippen molar-refractivity contribution >= 4 is 51.9 Å². The number of hydrogen-bond donors (Lipinski definition) is 2. The van der Waals surface area contributed by atoms with Crippen molar-refractivity contribution in [3.63, 3.8) is 0 Å². The number of likely N-dealkylation sites (tertiary alicyclic amines) is 1. The molecule has 0 unspecified atom stereocenters. The number of para-hydroxylation sites is 1. The molecule has 166 valence electrons. The second-order valence-corrected chi connectivity index (χ2v) is 9.09. The SMILES string of the molecule is Cc1ccsc1C(=O)Nc1cc(C(=O)N2CCCC2)ccc1/C=C/c1n[nH]c2ccccc12. The Hall–Kier alpha value is -3.71. The molecule has 4 aromatic rings. The highest BCUT2D eigenvalue weighted by Gasteiger charge is 2.21. The summed E-state index contributed by atoms with van der Waals surface area (Å²) in [6.07, 6.45) is 5.91. The van der Waals surface area contributed by atoms with Crippen LogP contribution >= 0.6 is 11.3 Å². The molecule has 1 aliphatic heterocycles. The third-order valence-corrected chi connectivity index (χ3v) is 6.95. The number of aromatic amines is 1. The number of rotatable bonds is 5. The van der Waals surface area contributed by atoms with Crippen molar-refractivity contribution in [1.29, 1.82) is 0 Å². The number of carbonyl (C=O) groups excluding carboxylic acids is 2. The van der Waals surface area contributed by atoms with Gasteiger partial charge in [-0.3, -0.25) is 14.7 Å². The van der Waals surface area contributed by atoms with E-state index in [-0.39, 0.29) is 11.8 Å². The average Bonchev–Trinajstić information content (AvgIpc) is 3.59. The maximum atomic E-state index is 13.0. The number of thiophene rings is 1. The second kappa shape index (κ2) is 9.03. The number of amides is 2. The number of H-pyrrole nitrogens is 1. The van der Waals surface area contributed by atoms with Crippen LogP contribution in [0.2, 0.25) is 0 Å². The maximum Gasteiger partial charge on any atom is 0.266 e. The van der Waals surface area contributed by atoms with E-state index in [9.17, 15) is 9.59 Å². The van der Waals surface area contributed by atoms with Crippen molar-refractivity contribution in [3.8, 4) is 0 Å². The fraction of sp³-hybridized carbons (Fsp3) is 0.192. The van der Waals surface area contributed by atoms with Gasteiger partial charge in [-0.05, 0) is 66.6 Å². The molecule has 0 spiro atoms. The smallest absolute Gasteiger partial charge is 0.266 e. The quantitative estimate of drug-likeness (QED) is 0.411. The van der Waals surface area contributed by atoms with E-state index in [1.54, 1.807) is 6.07 Å². The van der Waals surface area contributed by atoms with E-state index in [4.69, 9.17) is 0 Å². The summed E-state index contributed by atoms with van der Waals surface area (Å²) in [4.78, 5) is 28.4. The number of fused-ring (bicyclic) bond motifs is 1. The molecule has 2 aromatic heterocycles. The maximum absolute atomic E-state index is 13.0. The van der Waals surface area contributed by atoms with Crippen LogP contribution in [-0.2, 0) is 0 Å². The number of anilines is 1. The van der Waals surface area contributed by atoms with E-state index >= 15 is 0 Å². The van der Waals surface area contributed by atoms with Gasteiger partial charge in [0, 0.05) is 29.7 Å². The summed E-state index contributed by atoms with van der Waals surface area (Å²) >= 11 is 1.41. The first-order valence-electron chi connectivity index (χ1n) is 11.0. The Labute approximate surface area is 195 Å². The van der Waals surface area contributed by atoms with Crippen LogP contribution in [0.25, 0.3) is 23.1 Å². The van der Waals surface area contributed by atoms with Gasteiger partial charge in [-0.2, -0.15) is 5.10 Å². The van der Waals surface area contributed by atoms with E-state index < -0.39 is 0 Å². The van der Waals surface area contributed by atoms with Crippen molar-refractivity contribution in [1.82, 2.24) is 15.1 Å². The highest BCUT2D eigenvalue weighted by atomic mass is 32.1. The molecule has 0 radical (unpaired) electrons. The number of nitrogens with one attached hydrogen (secondary N) is 2. The number of hydrogen-bond acceptors (Lipinski definition) is 4. The van der Waals surface area contributed by atoms with Gasteiger partial charge in [0.15, 0.2) is 0 Å². The third-order valence-electron chi connectivity index (χ3n) is 5.93. The number of nitrogens with zero attached hydrogens (tertiary/aromatic N) is 2. The molecular weight excluding hydrogens is 432 g/mol. The van der Waals surface area contributed by atoms with Gasteiger partial charge in [-0.15, -0.1) is 11.3 Å². The number of aryl methyl sites for hydroxylation is 1. The first-order valence-corrected chi connectivity index (χ1v) is 11.9. The monoisotopic (exact) mass is 456 g/mol. The Bertz CT molecular complexity index is 1360. The Morgan fingerprint density at radius 3 is 2.70 bits per heavy atom. The van der Waals surface area contributed by atoms with Crippen molar-refractivity contribution in [3.05, 3.63) is 81.2 Å². The Kier molecular flexibility index (Phi) is 5.79. The minimum absolute atomic E-state index is 0.00382. The lowest BCUT2D eigenvalue weighted by Gasteiger charge is -2.17. The second-order valence-electron chi connectivity index (χ2n) is 8.18. The van der Waals surface area contributed by atoms with Gasteiger partial charge in [0.25, 0.3) is 11.8 Å². The lowest BCUT2D eigenvalue weighted by Crippen LogP contribution is -2.27. The van der Waals surface area contributed by atoms with E-state index in [2.05, 4.69) is 15.5 Å². The van der Waals surface area contributed by atoms with E-state index in [1.807, 2.05) is 71.8 Å². The summed E-state index contributed by atoms with van der Waals surface area (Å²) in [6.45, 7) is 3.48. The minimum Gasteiger partial charge on any atom is -0.339 e. The molecular formula is C26H24N4O2S. The summed E-state index contributed by atoms with van der Waals surface area (Å²) in [6, 6.07) is 15.3. The summed E-state index contributed by atoms with van der Waals surface area (Å²) in [5, 5.41) is 13.4. The molecule has 1 fully saturated rings. The van der Waals surface area contributed by atoms with Crippen LogP contribution in [0.15, 0.2) is 53.9 Å². The van der Waals surface area contributed by atoms with Gasteiger partial charge >= 0.3 is 0 Å². The summed E-state index contributed by atoms with van der Waals surface area (Å²) < 4.78 is 0. The lowest BCUT2D eigenvalue weighted by molar-refractivity contribution is 0.0792. The number of carbonyl (C=O) groups is 2. The zero-order chi connectivity index (χ0) is 22.8. The lowest BCUT2D eigenvalue weighted by atomic mass is 10.1. The molecule has 6 nitrogen and oxygen atoms in total. The first-order chi connectivity index (χ1) is 16.1. The molecule has 2 N–H and O–H groups in total. The molecule has 5 rings (SSSR count). The molecule has 7 heteroatoms. The first kappa shape index (κ1) is 21.2. The van der Waals surface area contributed by atoms with E-state index in [0.29, 0.717) is 16.1 Å². The van der Waals surface area contributed by atoms with Gasteiger partial charge < -0.3 is 10.2 Å². The fourth-order valence-electron chi connectivity index (χ4n) is 4.11. The van der Waals surface area contributed by atoms with Crippen molar-refractivity contribution in [2.75, 3.05) is 18.4 Å². The van der Waals surface area contributed by atoms with E-state index in [0.717, 1.165) is 53.7 Å². The Balaban J connectivity index is 1.49. The van der Waals surface area contributed by atoms with Gasteiger partial charge in [0.2, 0.25) is 0 Å². The van der Waals surface area contributed by atoms with Crippen LogP contribution in [0.4, 0.5) is 5.69 Å². The molecule has 0 aliphatic carbocycles.